The standard InChI is InChI=1S/C16H25ClN2O/c1-13(14-5-7-15(17)8-6-14)19(10-11-20-2)12-16-4-3-9-18-16/h5-8,13,16,18H,3-4,9-12H2,1-2H3. The second-order valence-electron chi connectivity index (χ2n) is 5.51. The summed E-state index contributed by atoms with van der Waals surface area (Å²) in [5.41, 5.74) is 1.31. The number of nitrogens with one attached hydrogen (secondary N) is 1. The molecule has 0 radical (unpaired) electrons. The molecule has 0 spiro atoms. The molecule has 4 heteroatoms. The third-order valence-corrected chi connectivity index (χ3v) is 4.35. The molecule has 1 heterocycles. The minimum absolute atomic E-state index is 0.379. The van der Waals surface area contributed by atoms with Crippen molar-refractivity contribution < 1.29 is 4.74 Å². The quantitative estimate of drug-likeness (QED) is 0.837. The number of ether oxygens (including phenoxy) is 1. The number of methoxy groups -OCH3 is 1. The molecular weight excluding hydrogens is 272 g/mol. The van der Waals surface area contributed by atoms with Crippen LogP contribution in [0.2, 0.25) is 5.02 Å². The third kappa shape index (κ3) is 4.45. The van der Waals surface area contributed by atoms with Gasteiger partial charge in [-0.15, -0.1) is 0 Å². The van der Waals surface area contributed by atoms with E-state index < -0.39 is 0 Å². The van der Waals surface area contributed by atoms with E-state index in [1.807, 2.05) is 12.1 Å². The minimum atomic E-state index is 0.379. The van der Waals surface area contributed by atoms with Gasteiger partial charge in [-0.1, -0.05) is 23.7 Å². The number of nitrogens with zero attached hydrogens (tertiary/aromatic N) is 1. The Morgan fingerprint density at radius 1 is 1.40 bits per heavy atom. The van der Waals surface area contributed by atoms with Crippen molar-refractivity contribution in [1.82, 2.24) is 10.2 Å². The summed E-state index contributed by atoms with van der Waals surface area (Å²) in [6, 6.07) is 9.17. The van der Waals surface area contributed by atoms with E-state index in [-0.39, 0.29) is 0 Å². The SMILES string of the molecule is COCCN(CC1CCCN1)C(C)c1ccc(Cl)cc1. The Labute approximate surface area is 127 Å². The van der Waals surface area contributed by atoms with Crippen LogP contribution >= 0.6 is 11.6 Å². The van der Waals surface area contributed by atoms with Gasteiger partial charge in [0.2, 0.25) is 0 Å². The molecule has 1 fully saturated rings. The van der Waals surface area contributed by atoms with Crippen LogP contribution in [-0.4, -0.2) is 44.3 Å². The highest BCUT2D eigenvalue weighted by atomic mass is 35.5. The molecule has 20 heavy (non-hydrogen) atoms. The largest absolute Gasteiger partial charge is 0.383 e. The van der Waals surface area contributed by atoms with Crippen LogP contribution in [0.1, 0.15) is 31.4 Å². The summed E-state index contributed by atoms with van der Waals surface area (Å²) in [6.07, 6.45) is 2.56. The summed E-state index contributed by atoms with van der Waals surface area (Å²) in [6.45, 7) is 6.21. The van der Waals surface area contributed by atoms with E-state index in [4.69, 9.17) is 16.3 Å². The molecule has 112 valence electrons. The van der Waals surface area contributed by atoms with Crippen molar-refractivity contribution in [2.45, 2.75) is 31.8 Å². The molecule has 1 N–H and O–H groups in total. The van der Waals surface area contributed by atoms with Gasteiger partial charge in [-0.3, -0.25) is 4.90 Å². The maximum atomic E-state index is 5.97. The average molecular weight is 297 g/mol. The average Bonchev–Trinajstić information content (AvgIpc) is 2.96. The van der Waals surface area contributed by atoms with Crippen LogP contribution in [0.4, 0.5) is 0 Å². The van der Waals surface area contributed by atoms with E-state index in [2.05, 4.69) is 29.3 Å². The lowest BCUT2D eigenvalue weighted by molar-refractivity contribution is 0.118. The van der Waals surface area contributed by atoms with E-state index >= 15 is 0 Å². The summed E-state index contributed by atoms with van der Waals surface area (Å²) >= 11 is 5.97. The first-order valence-corrected chi connectivity index (χ1v) is 7.80. The highest BCUT2D eigenvalue weighted by molar-refractivity contribution is 6.30. The molecular formula is C16H25ClN2O. The van der Waals surface area contributed by atoms with Gasteiger partial charge < -0.3 is 10.1 Å². The van der Waals surface area contributed by atoms with Gasteiger partial charge in [-0.25, -0.2) is 0 Å². The predicted octanol–water partition coefficient (Wildman–Crippen LogP) is 3.10. The van der Waals surface area contributed by atoms with E-state index in [0.717, 1.165) is 31.3 Å². The maximum Gasteiger partial charge on any atom is 0.0589 e. The monoisotopic (exact) mass is 296 g/mol. The summed E-state index contributed by atoms with van der Waals surface area (Å²) in [4.78, 5) is 2.50. The number of hydrogen-bond acceptors (Lipinski definition) is 3. The van der Waals surface area contributed by atoms with Gasteiger partial charge >= 0.3 is 0 Å². The molecule has 1 aliphatic rings. The maximum absolute atomic E-state index is 5.97. The number of benzene rings is 1. The van der Waals surface area contributed by atoms with Crippen molar-refractivity contribution in [2.24, 2.45) is 0 Å². The zero-order chi connectivity index (χ0) is 14.4. The molecule has 2 rings (SSSR count). The highest BCUT2D eigenvalue weighted by Crippen LogP contribution is 2.23. The van der Waals surface area contributed by atoms with E-state index in [0.29, 0.717) is 12.1 Å². The Balaban J connectivity index is 2.01. The molecule has 2 atom stereocenters. The Hall–Kier alpha value is -0.610. The van der Waals surface area contributed by atoms with Crippen LogP contribution in [-0.2, 0) is 4.74 Å². The van der Waals surface area contributed by atoms with Gasteiger partial charge in [-0.2, -0.15) is 0 Å². The molecule has 0 aliphatic carbocycles. The molecule has 1 saturated heterocycles. The van der Waals surface area contributed by atoms with Crippen LogP contribution in [0.5, 0.6) is 0 Å². The number of hydrogen-bond donors (Lipinski definition) is 1. The molecule has 0 amide bonds. The van der Waals surface area contributed by atoms with Gasteiger partial charge in [0.1, 0.15) is 0 Å². The first-order chi connectivity index (χ1) is 9.70. The second kappa shape index (κ2) is 7.99. The smallest absolute Gasteiger partial charge is 0.0589 e. The van der Waals surface area contributed by atoms with Crippen LogP contribution in [0, 0.1) is 0 Å². The molecule has 0 bridgehead atoms. The summed E-state index contributed by atoms with van der Waals surface area (Å²) in [5.74, 6) is 0. The third-order valence-electron chi connectivity index (χ3n) is 4.10. The van der Waals surface area contributed by atoms with Crippen LogP contribution in [0.3, 0.4) is 0 Å². The first kappa shape index (κ1) is 15.8. The molecule has 1 aliphatic heterocycles. The summed E-state index contributed by atoms with van der Waals surface area (Å²) < 4.78 is 5.26. The number of halogens is 1. The normalized spacial score (nSPS) is 20.5. The van der Waals surface area contributed by atoms with Crippen LogP contribution in [0.25, 0.3) is 0 Å². The van der Waals surface area contributed by atoms with E-state index in [9.17, 15) is 0 Å². The van der Waals surface area contributed by atoms with Gasteiger partial charge in [0, 0.05) is 37.3 Å². The Bertz CT molecular complexity index is 390. The van der Waals surface area contributed by atoms with E-state index in [1.54, 1.807) is 7.11 Å². The number of rotatable bonds is 7. The van der Waals surface area contributed by atoms with Gasteiger partial charge in [-0.05, 0) is 44.0 Å². The fourth-order valence-electron chi connectivity index (χ4n) is 2.80. The van der Waals surface area contributed by atoms with Gasteiger partial charge in [0.15, 0.2) is 0 Å². The Kier molecular flexibility index (Phi) is 6.30. The Morgan fingerprint density at radius 3 is 2.75 bits per heavy atom. The lowest BCUT2D eigenvalue weighted by atomic mass is 10.1. The van der Waals surface area contributed by atoms with Crippen LogP contribution < -0.4 is 5.32 Å². The minimum Gasteiger partial charge on any atom is -0.383 e. The van der Waals surface area contributed by atoms with E-state index in [1.165, 1.54) is 18.4 Å². The zero-order valence-electron chi connectivity index (χ0n) is 12.4. The van der Waals surface area contributed by atoms with Crippen molar-refractivity contribution in [3.8, 4) is 0 Å². The van der Waals surface area contributed by atoms with Crippen molar-refractivity contribution in [2.75, 3.05) is 33.4 Å². The lowest BCUT2D eigenvalue weighted by Gasteiger charge is -2.31. The molecule has 1 aromatic carbocycles. The molecule has 2 unspecified atom stereocenters. The lowest BCUT2D eigenvalue weighted by Crippen LogP contribution is -2.40. The summed E-state index contributed by atoms with van der Waals surface area (Å²) in [5, 5.41) is 4.37. The summed E-state index contributed by atoms with van der Waals surface area (Å²) in [7, 11) is 1.76. The molecule has 1 aromatic rings. The zero-order valence-corrected chi connectivity index (χ0v) is 13.2. The highest BCUT2D eigenvalue weighted by Gasteiger charge is 2.22. The first-order valence-electron chi connectivity index (χ1n) is 7.42. The molecule has 0 aromatic heterocycles. The molecule has 3 nitrogen and oxygen atoms in total. The van der Waals surface area contributed by atoms with Crippen molar-refractivity contribution in [3.05, 3.63) is 34.9 Å². The fraction of sp³-hybridized carbons (Fsp3) is 0.625. The van der Waals surface area contributed by atoms with Crippen molar-refractivity contribution in [3.63, 3.8) is 0 Å². The topological polar surface area (TPSA) is 24.5 Å². The Morgan fingerprint density at radius 2 is 2.15 bits per heavy atom. The van der Waals surface area contributed by atoms with Gasteiger partial charge in [0.05, 0.1) is 6.61 Å². The van der Waals surface area contributed by atoms with Crippen molar-refractivity contribution in [1.29, 1.82) is 0 Å². The predicted molar refractivity (Wildman–Crippen MR) is 84.3 cm³/mol. The van der Waals surface area contributed by atoms with Crippen LogP contribution in [0.15, 0.2) is 24.3 Å². The second-order valence-corrected chi connectivity index (χ2v) is 5.94. The molecule has 0 saturated carbocycles. The van der Waals surface area contributed by atoms with Crippen molar-refractivity contribution >= 4 is 11.6 Å². The van der Waals surface area contributed by atoms with Gasteiger partial charge in [0.25, 0.3) is 0 Å². The fourth-order valence-corrected chi connectivity index (χ4v) is 2.93.